The second-order valence-corrected chi connectivity index (χ2v) is 5.90. The molecule has 0 unspecified atom stereocenters. The van der Waals surface area contributed by atoms with E-state index in [2.05, 4.69) is 11.1 Å². The summed E-state index contributed by atoms with van der Waals surface area (Å²) in [5.41, 5.74) is 3.33. The van der Waals surface area contributed by atoms with Gasteiger partial charge in [0.25, 0.3) is 11.8 Å². The normalized spacial score (nSPS) is 20.0. The van der Waals surface area contributed by atoms with Gasteiger partial charge in [-0.05, 0) is 43.0 Å². The van der Waals surface area contributed by atoms with Crippen molar-refractivity contribution in [1.82, 2.24) is 9.88 Å². The predicted octanol–water partition coefficient (Wildman–Crippen LogP) is 2.80. The molecule has 0 saturated heterocycles. The summed E-state index contributed by atoms with van der Waals surface area (Å²) in [6, 6.07) is 11.1. The molecule has 0 spiro atoms. The SMILES string of the molecule is O=C1c2ccccc2C(=O)N1C[C@H]1CCCc2cccnc21. The van der Waals surface area contributed by atoms with Gasteiger partial charge >= 0.3 is 0 Å². The van der Waals surface area contributed by atoms with Crippen molar-refractivity contribution in [3.05, 3.63) is 65.0 Å². The number of aromatic nitrogens is 1. The maximum absolute atomic E-state index is 12.5. The highest BCUT2D eigenvalue weighted by atomic mass is 16.2. The van der Waals surface area contributed by atoms with Crippen LogP contribution in [0.1, 0.15) is 50.7 Å². The first kappa shape index (κ1) is 13.2. The fraction of sp³-hybridized carbons (Fsp3) is 0.278. The first-order valence-corrected chi connectivity index (χ1v) is 7.64. The van der Waals surface area contributed by atoms with E-state index in [0.717, 1.165) is 25.0 Å². The number of hydrogen-bond acceptors (Lipinski definition) is 3. The number of rotatable bonds is 2. The van der Waals surface area contributed by atoms with Gasteiger partial charge in [-0.15, -0.1) is 0 Å². The fourth-order valence-electron chi connectivity index (χ4n) is 3.51. The van der Waals surface area contributed by atoms with E-state index in [-0.39, 0.29) is 17.7 Å². The quantitative estimate of drug-likeness (QED) is 0.800. The third-order valence-corrected chi connectivity index (χ3v) is 4.59. The lowest BCUT2D eigenvalue weighted by Gasteiger charge is -2.27. The third kappa shape index (κ3) is 1.95. The lowest BCUT2D eigenvalue weighted by molar-refractivity contribution is 0.0640. The topological polar surface area (TPSA) is 50.3 Å². The molecule has 4 heteroatoms. The van der Waals surface area contributed by atoms with Crippen LogP contribution in [0, 0.1) is 0 Å². The summed E-state index contributed by atoms with van der Waals surface area (Å²) < 4.78 is 0. The standard InChI is InChI=1S/C18H16N2O2/c21-17-14-8-1-2-9-15(14)18(22)20(17)11-13-6-3-5-12-7-4-10-19-16(12)13/h1-2,4,7-10,13H,3,5-6,11H2/t13-/m1/s1. The fourth-order valence-corrected chi connectivity index (χ4v) is 3.51. The second kappa shape index (κ2) is 5.05. The van der Waals surface area contributed by atoms with E-state index < -0.39 is 0 Å². The zero-order valence-electron chi connectivity index (χ0n) is 12.2. The number of hydrogen-bond donors (Lipinski definition) is 0. The summed E-state index contributed by atoms with van der Waals surface area (Å²) in [7, 11) is 0. The highest BCUT2D eigenvalue weighted by Gasteiger charge is 2.37. The minimum absolute atomic E-state index is 0.146. The van der Waals surface area contributed by atoms with Crippen molar-refractivity contribution in [3.8, 4) is 0 Å². The van der Waals surface area contributed by atoms with Crippen LogP contribution in [0.25, 0.3) is 0 Å². The Morgan fingerprint density at radius 1 is 1.05 bits per heavy atom. The predicted molar refractivity (Wildman–Crippen MR) is 81.7 cm³/mol. The lowest BCUT2D eigenvalue weighted by atomic mass is 9.86. The lowest BCUT2D eigenvalue weighted by Crippen LogP contribution is -2.35. The molecule has 4 rings (SSSR count). The Hall–Kier alpha value is -2.49. The Balaban J connectivity index is 1.64. The first-order chi connectivity index (χ1) is 10.8. The number of benzene rings is 1. The van der Waals surface area contributed by atoms with E-state index in [0.29, 0.717) is 17.7 Å². The van der Waals surface area contributed by atoms with Crippen LogP contribution in [0.4, 0.5) is 0 Å². The molecule has 0 saturated carbocycles. The minimum Gasteiger partial charge on any atom is -0.274 e. The number of imide groups is 1. The number of aryl methyl sites for hydroxylation is 1. The monoisotopic (exact) mass is 292 g/mol. The number of amides is 2. The Morgan fingerprint density at radius 2 is 1.77 bits per heavy atom. The summed E-state index contributed by atoms with van der Waals surface area (Å²) in [5, 5.41) is 0. The van der Waals surface area contributed by atoms with Crippen molar-refractivity contribution < 1.29 is 9.59 Å². The zero-order chi connectivity index (χ0) is 15.1. The molecular weight excluding hydrogens is 276 g/mol. The molecular formula is C18H16N2O2. The van der Waals surface area contributed by atoms with Crippen LogP contribution < -0.4 is 0 Å². The van der Waals surface area contributed by atoms with Crippen LogP contribution in [-0.2, 0) is 6.42 Å². The molecule has 1 aromatic heterocycles. The van der Waals surface area contributed by atoms with Crippen molar-refractivity contribution in [2.75, 3.05) is 6.54 Å². The van der Waals surface area contributed by atoms with E-state index in [1.807, 2.05) is 6.07 Å². The molecule has 1 aliphatic heterocycles. The number of carbonyl (C=O) groups excluding carboxylic acids is 2. The van der Waals surface area contributed by atoms with Crippen LogP contribution in [0.5, 0.6) is 0 Å². The molecule has 2 aromatic rings. The van der Waals surface area contributed by atoms with Gasteiger partial charge in [-0.25, -0.2) is 0 Å². The van der Waals surface area contributed by atoms with Crippen LogP contribution in [0.2, 0.25) is 0 Å². The largest absolute Gasteiger partial charge is 0.274 e. The first-order valence-electron chi connectivity index (χ1n) is 7.64. The Labute approximate surface area is 128 Å². The molecule has 22 heavy (non-hydrogen) atoms. The van der Waals surface area contributed by atoms with E-state index in [9.17, 15) is 9.59 Å². The molecule has 110 valence electrons. The molecule has 0 fully saturated rings. The summed E-state index contributed by atoms with van der Waals surface area (Å²) in [6.45, 7) is 0.427. The maximum Gasteiger partial charge on any atom is 0.261 e. The van der Waals surface area contributed by atoms with Gasteiger partial charge in [-0.3, -0.25) is 19.5 Å². The molecule has 0 bridgehead atoms. The van der Waals surface area contributed by atoms with E-state index in [1.165, 1.54) is 10.5 Å². The van der Waals surface area contributed by atoms with Gasteiger partial charge in [0, 0.05) is 24.4 Å². The Bertz CT molecular complexity index is 734. The molecule has 4 nitrogen and oxygen atoms in total. The van der Waals surface area contributed by atoms with Gasteiger partial charge in [-0.2, -0.15) is 0 Å². The van der Waals surface area contributed by atoms with Crippen molar-refractivity contribution in [2.45, 2.75) is 25.2 Å². The molecule has 2 heterocycles. The molecule has 1 aliphatic carbocycles. The van der Waals surface area contributed by atoms with Crippen LogP contribution in [0.15, 0.2) is 42.6 Å². The summed E-state index contributed by atoms with van der Waals surface area (Å²) in [6.07, 6.45) is 4.87. The average molecular weight is 292 g/mol. The van der Waals surface area contributed by atoms with E-state index in [1.54, 1.807) is 30.5 Å². The maximum atomic E-state index is 12.5. The summed E-state index contributed by atoms with van der Waals surface area (Å²) in [5.74, 6) is -0.209. The summed E-state index contributed by atoms with van der Waals surface area (Å²) in [4.78, 5) is 30.8. The smallest absolute Gasteiger partial charge is 0.261 e. The van der Waals surface area contributed by atoms with Crippen molar-refractivity contribution in [2.24, 2.45) is 0 Å². The molecule has 0 radical (unpaired) electrons. The highest BCUT2D eigenvalue weighted by molar-refractivity contribution is 6.21. The zero-order valence-corrected chi connectivity index (χ0v) is 12.2. The molecule has 2 aliphatic rings. The van der Waals surface area contributed by atoms with Crippen LogP contribution in [-0.4, -0.2) is 28.2 Å². The van der Waals surface area contributed by atoms with Gasteiger partial charge in [0.15, 0.2) is 0 Å². The van der Waals surface area contributed by atoms with Gasteiger partial charge < -0.3 is 0 Å². The summed E-state index contributed by atoms with van der Waals surface area (Å²) >= 11 is 0. The van der Waals surface area contributed by atoms with Crippen molar-refractivity contribution >= 4 is 11.8 Å². The van der Waals surface area contributed by atoms with Gasteiger partial charge in [-0.1, -0.05) is 18.2 Å². The molecule has 2 amide bonds. The number of pyridine rings is 1. The molecule has 0 N–H and O–H groups in total. The van der Waals surface area contributed by atoms with Gasteiger partial charge in [0.2, 0.25) is 0 Å². The Morgan fingerprint density at radius 3 is 2.50 bits per heavy atom. The minimum atomic E-state index is -0.177. The van der Waals surface area contributed by atoms with Crippen LogP contribution >= 0.6 is 0 Å². The molecule has 1 aromatic carbocycles. The van der Waals surface area contributed by atoms with E-state index in [4.69, 9.17) is 0 Å². The number of fused-ring (bicyclic) bond motifs is 2. The Kier molecular flexibility index (Phi) is 3.03. The van der Waals surface area contributed by atoms with Gasteiger partial charge in [0.1, 0.15) is 0 Å². The third-order valence-electron chi connectivity index (χ3n) is 4.59. The number of carbonyl (C=O) groups is 2. The van der Waals surface area contributed by atoms with Crippen LogP contribution in [0.3, 0.4) is 0 Å². The molecule has 1 atom stereocenters. The highest BCUT2D eigenvalue weighted by Crippen LogP contribution is 2.32. The number of nitrogens with zero attached hydrogens (tertiary/aromatic N) is 2. The average Bonchev–Trinajstić information content (AvgIpc) is 2.81. The van der Waals surface area contributed by atoms with Gasteiger partial charge in [0.05, 0.1) is 11.1 Å². The van der Waals surface area contributed by atoms with Crippen molar-refractivity contribution in [3.63, 3.8) is 0 Å². The second-order valence-electron chi connectivity index (χ2n) is 5.90. The van der Waals surface area contributed by atoms with Crippen molar-refractivity contribution in [1.29, 1.82) is 0 Å². The van der Waals surface area contributed by atoms with E-state index >= 15 is 0 Å².